The number of hydrogen-bond donors (Lipinski definition) is 1. The summed E-state index contributed by atoms with van der Waals surface area (Å²) in [6, 6.07) is 5.88. The van der Waals surface area contributed by atoms with Crippen molar-refractivity contribution in [3.05, 3.63) is 35.4 Å². The summed E-state index contributed by atoms with van der Waals surface area (Å²) in [4.78, 5) is 1.17. The zero-order chi connectivity index (χ0) is 9.84. The lowest BCUT2D eigenvalue weighted by Gasteiger charge is -2.06. The largest absolute Gasteiger partial charge is 0.398 e. The van der Waals surface area contributed by atoms with Gasteiger partial charge in [0.1, 0.15) is 0 Å². The van der Waals surface area contributed by atoms with Crippen LogP contribution in [0.2, 0.25) is 0 Å². The molecule has 0 amide bonds. The Morgan fingerprint density at radius 2 is 2.31 bits per heavy atom. The molecule has 0 spiro atoms. The molecule has 0 bridgehead atoms. The first-order valence-electron chi connectivity index (χ1n) is 3.92. The van der Waals surface area contributed by atoms with E-state index >= 15 is 0 Å². The summed E-state index contributed by atoms with van der Waals surface area (Å²) >= 11 is 7.33. The zero-order valence-electron chi connectivity index (χ0n) is 7.51. The molecule has 0 saturated heterocycles. The number of nitrogens with two attached hydrogens (primary N) is 1. The fraction of sp³-hybridized carbons (Fsp3) is 0.200. The van der Waals surface area contributed by atoms with Gasteiger partial charge in [-0.15, -0.1) is 11.8 Å². The fourth-order valence-corrected chi connectivity index (χ4v) is 1.93. The maximum atomic E-state index is 5.76. The summed E-state index contributed by atoms with van der Waals surface area (Å²) in [5.74, 6) is 0.728. The summed E-state index contributed by atoms with van der Waals surface area (Å²) in [5.41, 5.74) is 7.70. The van der Waals surface area contributed by atoms with Crippen LogP contribution in [0.4, 0.5) is 5.69 Å². The highest BCUT2D eigenvalue weighted by Crippen LogP contribution is 2.27. The van der Waals surface area contributed by atoms with E-state index in [4.69, 9.17) is 17.3 Å². The van der Waals surface area contributed by atoms with Gasteiger partial charge < -0.3 is 5.73 Å². The Kier molecular flexibility index (Phi) is 3.70. The van der Waals surface area contributed by atoms with Gasteiger partial charge in [-0.2, -0.15) is 0 Å². The van der Waals surface area contributed by atoms with Gasteiger partial charge >= 0.3 is 0 Å². The molecule has 0 aromatic heterocycles. The molecule has 70 valence electrons. The van der Waals surface area contributed by atoms with Gasteiger partial charge in [-0.3, -0.25) is 0 Å². The van der Waals surface area contributed by atoms with E-state index in [0.717, 1.165) is 17.0 Å². The zero-order valence-corrected chi connectivity index (χ0v) is 9.08. The van der Waals surface area contributed by atoms with Crippen LogP contribution in [0.15, 0.2) is 34.7 Å². The van der Waals surface area contributed by atoms with E-state index in [2.05, 4.69) is 6.58 Å². The van der Waals surface area contributed by atoms with Gasteiger partial charge in [-0.05, 0) is 24.6 Å². The Labute approximate surface area is 88.0 Å². The third kappa shape index (κ3) is 2.98. The van der Waals surface area contributed by atoms with Crippen molar-refractivity contribution in [1.29, 1.82) is 0 Å². The third-order valence-electron chi connectivity index (χ3n) is 1.71. The smallest absolute Gasteiger partial charge is 0.0354 e. The van der Waals surface area contributed by atoms with E-state index < -0.39 is 0 Å². The van der Waals surface area contributed by atoms with E-state index in [-0.39, 0.29) is 0 Å². The van der Waals surface area contributed by atoms with Gasteiger partial charge in [0.15, 0.2) is 0 Å². The quantitative estimate of drug-likeness (QED) is 0.615. The lowest BCUT2D eigenvalue weighted by Crippen LogP contribution is -1.91. The van der Waals surface area contributed by atoms with E-state index in [1.807, 2.05) is 25.1 Å². The van der Waals surface area contributed by atoms with E-state index in [9.17, 15) is 0 Å². The van der Waals surface area contributed by atoms with Crippen LogP contribution >= 0.6 is 23.4 Å². The van der Waals surface area contributed by atoms with Gasteiger partial charge in [-0.25, -0.2) is 0 Å². The molecular formula is C10H12ClNS. The monoisotopic (exact) mass is 213 g/mol. The molecule has 0 radical (unpaired) electrons. The predicted octanol–water partition coefficient (Wildman–Crippen LogP) is 3.42. The topological polar surface area (TPSA) is 26.0 Å². The Morgan fingerprint density at radius 3 is 2.92 bits per heavy atom. The van der Waals surface area contributed by atoms with Gasteiger partial charge in [-0.1, -0.05) is 24.2 Å². The summed E-state index contributed by atoms with van der Waals surface area (Å²) < 4.78 is 0. The van der Waals surface area contributed by atoms with E-state index in [1.54, 1.807) is 11.8 Å². The summed E-state index contributed by atoms with van der Waals surface area (Å²) in [5, 5.41) is 0.659. The minimum Gasteiger partial charge on any atom is -0.398 e. The summed E-state index contributed by atoms with van der Waals surface area (Å²) in [6.07, 6.45) is 0. The SMILES string of the molecule is C=C(Cl)CSc1cccc(N)c1C. The molecule has 0 aliphatic rings. The molecular weight excluding hydrogens is 202 g/mol. The van der Waals surface area contributed by atoms with E-state index in [0.29, 0.717) is 5.03 Å². The second kappa shape index (κ2) is 4.58. The minimum atomic E-state index is 0.659. The highest BCUT2D eigenvalue weighted by atomic mass is 35.5. The van der Waals surface area contributed by atoms with Crippen molar-refractivity contribution in [1.82, 2.24) is 0 Å². The van der Waals surface area contributed by atoms with Crippen LogP contribution in [-0.4, -0.2) is 5.75 Å². The Balaban J connectivity index is 2.77. The number of hydrogen-bond acceptors (Lipinski definition) is 2. The van der Waals surface area contributed by atoms with Crippen LogP contribution in [0.3, 0.4) is 0 Å². The molecule has 0 heterocycles. The molecule has 0 fully saturated rings. The first-order valence-corrected chi connectivity index (χ1v) is 5.29. The van der Waals surface area contributed by atoms with Crippen LogP contribution in [0.5, 0.6) is 0 Å². The summed E-state index contributed by atoms with van der Waals surface area (Å²) in [7, 11) is 0. The highest BCUT2D eigenvalue weighted by molar-refractivity contribution is 7.99. The molecule has 0 aliphatic carbocycles. The second-order valence-corrected chi connectivity index (χ2v) is 4.33. The van der Waals surface area contributed by atoms with Crippen LogP contribution in [0.1, 0.15) is 5.56 Å². The third-order valence-corrected chi connectivity index (χ3v) is 3.25. The highest BCUT2D eigenvalue weighted by Gasteiger charge is 2.01. The maximum absolute atomic E-state index is 5.76. The number of anilines is 1. The lowest BCUT2D eigenvalue weighted by molar-refractivity contribution is 1.31. The number of rotatable bonds is 3. The molecule has 0 aliphatic heterocycles. The molecule has 1 nitrogen and oxygen atoms in total. The molecule has 13 heavy (non-hydrogen) atoms. The predicted molar refractivity (Wildman–Crippen MR) is 61.3 cm³/mol. The average Bonchev–Trinajstić information content (AvgIpc) is 2.07. The van der Waals surface area contributed by atoms with Crippen molar-refractivity contribution in [3.8, 4) is 0 Å². The molecule has 3 heteroatoms. The van der Waals surface area contributed by atoms with Crippen LogP contribution in [-0.2, 0) is 0 Å². The Morgan fingerprint density at radius 1 is 1.62 bits per heavy atom. The van der Waals surface area contributed by atoms with Crippen molar-refractivity contribution in [2.24, 2.45) is 0 Å². The number of nitrogen functional groups attached to an aromatic ring is 1. The fourth-order valence-electron chi connectivity index (χ4n) is 0.944. The van der Waals surface area contributed by atoms with Crippen molar-refractivity contribution < 1.29 is 0 Å². The minimum absolute atomic E-state index is 0.659. The second-order valence-electron chi connectivity index (χ2n) is 2.78. The lowest BCUT2D eigenvalue weighted by atomic mass is 10.2. The van der Waals surface area contributed by atoms with Crippen molar-refractivity contribution in [2.45, 2.75) is 11.8 Å². The Hall–Kier alpha value is -0.600. The van der Waals surface area contributed by atoms with Crippen LogP contribution in [0.25, 0.3) is 0 Å². The molecule has 0 unspecified atom stereocenters. The standard InChI is InChI=1S/C10H12ClNS/c1-7(11)6-13-10-5-3-4-9(12)8(10)2/h3-5H,1,6,12H2,2H3. The molecule has 2 N–H and O–H groups in total. The van der Waals surface area contributed by atoms with Gasteiger partial charge in [0.25, 0.3) is 0 Å². The number of thioether (sulfide) groups is 1. The van der Waals surface area contributed by atoms with Gasteiger partial charge in [0.05, 0.1) is 0 Å². The molecule has 0 atom stereocenters. The molecule has 0 saturated carbocycles. The number of benzene rings is 1. The first-order chi connectivity index (χ1) is 6.11. The van der Waals surface area contributed by atoms with Gasteiger partial charge in [0, 0.05) is 21.4 Å². The van der Waals surface area contributed by atoms with Crippen LogP contribution < -0.4 is 5.73 Å². The Bertz CT molecular complexity index is 323. The molecule has 1 aromatic carbocycles. The molecule has 1 aromatic rings. The normalized spacial score (nSPS) is 10.0. The van der Waals surface area contributed by atoms with Gasteiger partial charge in [0.2, 0.25) is 0 Å². The number of halogens is 1. The van der Waals surface area contributed by atoms with Crippen molar-refractivity contribution in [3.63, 3.8) is 0 Å². The van der Waals surface area contributed by atoms with Crippen molar-refractivity contribution >= 4 is 29.1 Å². The first kappa shape index (κ1) is 10.5. The molecule has 1 rings (SSSR count). The van der Waals surface area contributed by atoms with E-state index in [1.165, 1.54) is 4.90 Å². The summed E-state index contributed by atoms with van der Waals surface area (Å²) in [6.45, 7) is 5.64. The average molecular weight is 214 g/mol. The van der Waals surface area contributed by atoms with Crippen LogP contribution in [0, 0.1) is 6.92 Å². The maximum Gasteiger partial charge on any atom is 0.0354 e. The van der Waals surface area contributed by atoms with Crippen molar-refractivity contribution in [2.75, 3.05) is 11.5 Å².